The van der Waals surface area contributed by atoms with Crippen LogP contribution in [0.25, 0.3) is 11.3 Å². The van der Waals surface area contributed by atoms with Gasteiger partial charge in [-0.1, -0.05) is 6.92 Å². The van der Waals surface area contributed by atoms with Gasteiger partial charge in [-0.2, -0.15) is 0 Å². The predicted molar refractivity (Wildman–Crippen MR) is 97.9 cm³/mol. The van der Waals surface area contributed by atoms with Crippen molar-refractivity contribution in [3.63, 3.8) is 0 Å². The zero-order valence-corrected chi connectivity index (χ0v) is 15.5. The maximum atomic E-state index is 13.6. The highest BCUT2D eigenvalue weighted by atomic mass is 19.1. The molecule has 0 unspecified atom stereocenters. The summed E-state index contributed by atoms with van der Waals surface area (Å²) < 4.78 is 20.1. The molecule has 6 nitrogen and oxygen atoms in total. The molecule has 0 N–H and O–H groups in total. The quantitative estimate of drug-likeness (QED) is 0.841. The maximum absolute atomic E-state index is 13.6. The molecule has 2 heterocycles. The number of ether oxygens (including phenoxy) is 1. The summed E-state index contributed by atoms with van der Waals surface area (Å²) in [6, 6.07) is 4.67. The molecule has 7 heteroatoms. The van der Waals surface area contributed by atoms with E-state index in [4.69, 9.17) is 4.74 Å². The molecule has 0 aliphatic carbocycles. The number of hydrogen-bond acceptors (Lipinski definition) is 4. The van der Waals surface area contributed by atoms with Gasteiger partial charge in [0, 0.05) is 37.9 Å². The van der Waals surface area contributed by atoms with E-state index >= 15 is 0 Å². The molecule has 0 bridgehead atoms. The number of amides is 1. The van der Waals surface area contributed by atoms with Crippen LogP contribution in [0.1, 0.15) is 19.8 Å². The molecule has 140 valence electrons. The smallest absolute Gasteiger partial charge is 0.329 e. The van der Waals surface area contributed by atoms with Crippen LogP contribution in [0.5, 0.6) is 5.75 Å². The third-order valence-electron chi connectivity index (χ3n) is 5.10. The van der Waals surface area contributed by atoms with Crippen LogP contribution in [0, 0.1) is 5.82 Å². The van der Waals surface area contributed by atoms with Crippen LogP contribution in [0.3, 0.4) is 0 Å². The van der Waals surface area contributed by atoms with Crippen LogP contribution in [-0.4, -0.2) is 65.2 Å². The van der Waals surface area contributed by atoms with Gasteiger partial charge >= 0.3 is 6.03 Å². The lowest BCUT2D eigenvalue weighted by molar-refractivity contribution is 0.139. The van der Waals surface area contributed by atoms with Gasteiger partial charge in [0.2, 0.25) is 0 Å². The number of carbonyl (C=O) groups is 1. The van der Waals surface area contributed by atoms with Crippen molar-refractivity contribution >= 4 is 6.03 Å². The summed E-state index contributed by atoms with van der Waals surface area (Å²) in [5, 5.41) is 0. The Balaban J connectivity index is 1.72. The van der Waals surface area contributed by atoms with Gasteiger partial charge < -0.3 is 14.5 Å². The Morgan fingerprint density at radius 1 is 1.38 bits per heavy atom. The minimum Gasteiger partial charge on any atom is -0.494 e. The van der Waals surface area contributed by atoms with Crippen LogP contribution >= 0.6 is 0 Å². The number of likely N-dealkylation sites (tertiary alicyclic amines) is 1. The summed E-state index contributed by atoms with van der Waals surface area (Å²) in [5.74, 6) is -0.270. The molecule has 1 aliphatic rings. The number of halogens is 1. The maximum Gasteiger partial charge on any atom is 0.329 e. The monoisotopic (exact) mass is 360 g/mol. The number of methoxy groups -OCH3 is 1. The van der Waals surface area contributed by atoms with Gasteiger partial charge in [0.25, 0.3) is 0 Å². The number of aromatic nitrogens is 2. The third-order valence-corrected chi connectivity index (χ3v) is 5.10. The Labute approximate surface area is 153 Å². The standard InChI is InChI=1S/C19H25FN4O2/c1-4-23-9-7-15(8-10-23)22(2)19(25)24-12-17(21-13-24)14-5-6-16(20)18(11-14)26-3/h5-6,11-13,15H,4,7-10H2,1-3H3. The van der Waals surface area contributed by atoms with Gasteiger partial charge in [0.1, 0.15) is 6.33 Å². The summed E-state index contributed by atoms with van der Waals surface area (Å²) in [6.07, 6.45) is 5.14. The molecule has 1 fully saturated rings. The second-order valence-electron chi connectivity index (χ2n) is 6.57. The first-order valence-corrected chi connectivity index (χ1v) is 8.91. The molecule has 0 spiro atoms. The van der Waals surface area contributed by atoms with E-state index < -0.39 is 5.82 Å². The van der Waals surface area contributed by atoms with Crippen LogP contribution in [0.15, 0.2) is 30.7 Å². The number of piperidine rings is 1. The second kappa shape index (κ2) is 7.86. The van der Waals surface area contributed by atoms with Crippen molar-refractivity contribution in [3.05, 3.63) is 36.5 Å². The van der Waals surface area contributed by atoms with Gasteiger partial charge in [-0.25, -0.2) is 14.2 Å². The lowest BCUT2D eigenvalue weighted by atomic mass is 10.0. The molecule has 2 aromatic rings. The molecule has 1 aliphatic heterocycles. The average molecular weight is 360 g/mol. The fourth-order valence-corrected chi connectivity index (χ4v) is 3.36. The molecule has 0 radical (unpaired) electrons. The van der Waals surface area contributed by atoms with Crippen molar-refractivity contribution in [1.29, 1.82) is 0 Å². The zero-order valence-electron chi connectivity index (χ0n) is 15.5. The Morgan fingerprint density at radius 3 is 2.77 bits per heavy atom. The fourth-order valence-electron chi connectivity index (χ4n) is 3.36. The first kappa shape index (κ1) is 18.4. The molecule has 3 rings (SSSR count). The molecule has 1 saturated heterocycles. The average Bonchev–Trinajstić information content (AvgIpc) is 3.17. The minimum atomic E-state index is -0.426. The van der Waals surface area contributed by atoms with E-state index in [1.807, 2.05) is 7.05 Å². The summed E-state index contributed by atoms with van der Waals surface area (Å²) in [6.45, 7) is 5.25. The van der Waals surface area contributed by atoms with Crippen molar-refractivity contribution < 1.29 is 13.9 Å². The predicted octanol–water partition coefficient (Wildman–Crippen LogP) is 3.08. The number of carbonyl (C=O) groups excluding carboxylic acids is 1. The van der Waals surface area contributed by atoms with E-state index in [1.165, 1.54) is 24.1 Å². The van der Waals surface area contributed by atoms with Crippen LogP contribution in [-0.2, 0) is 0 Å². The van der Waals surface area contributed by atoms with Gasteiger partial charge in [0.15, 0.2) is 11.6 Å². The molecule has 1 aromatic carbocycles. The Kier molecular flexibility index (Phi) is 5.56. The van der Waals surface area contributed by atoms with E-state index in [0.29, 0.717) is 11.3 Å². The van der Waals surface area contributed by atoms with E-state index in [2.05, 4.69) is 16.8 Å². The molecule has 1 amide bonds. The molecular weight excluding hydrogens is 335 g/mol. The normalized spacial score (nSPS) is 15.8. The highest BCUT2D eigenvalue weighted by Gasteiger charge is 2.25. The van der Waals surface area contributed by atoms with E-state index in [0.717, 1.165) is 32.5 Å². The largest absolute Gasteiger partial charge is 0.494 e. The van der Waals surface area contributed by atoms with Crippen molar-refractivity contribution in [2.75, 3.05) is 33.8 Å². The first-order chi connectivity index (χ1) is 12.5. The summed E-state index contributed by atoms with van der Waals surface area (Å²) in [4.78, 5) is 21.3. The Hall–Kier alpha value is -2.41. The number of hydrogen-bond donors (Lipinski definition) is 0. The van der Waals surface area contributed by atoms with E-state index in [-0.39, 0.29) is 17.8 Å². The van der Waals surface area contributed by atoms with Crippen molar-refractivity contribution in [2.24, 2.45) is 0 Å². The fraction of sp³-hybridized carbons (Fsp3) is 0.474. The summed E-state index contributed by atoms with van der Waals surface area (Å²) >= 11 is 0. The van der Waals surface area contributed by atoms with Crippen LogP contribution in [0.2, 0.25) is 0 Å². The Bertz CT molecular complexity index is 769. The van der Waals surface area contributed by atoms with E-state index in [9.17, 15) is 9.18 Å². The van der Waals surface area contributed by atoms with Gasteiger partial charge in [-0.3, -0.25) is 4.57 Å². The molecule has 0 saturated carbocycles. The lowest BCUT2D eigenvalue weighted by Gasteiger charge is -2.36. The third kappa shape index (κ3) is 3.72. The van der Waals surface area contributed by atoms with Gasteiger partial charge in [0.05, 0.1) is 12.8 Å². The Morgan fingerprint density at radius 2 is 2.12 bits per heavy atom. The first-order valence-electron chi connectivity index (χ1n) is 8.91. The van der Waals surface area contributed by atoms with Crippen LogP contribution < -0.4 is 4.74 Å². The van der Waals surface area contributed by atoms with Crippen molar-refractivity contribution in [1.82, 2.24) is 19.4 Å². The number of benzene rings is 1. The lowest BCUT2D eigenvalue weighted by Crippen LogP contribution is -2.46. The van der Waals surface area contributed by atoms with Gasteiger partial charge in [-0.05, 0) is 37.6 Å². The molecule has 0 atom stereocenters. The minimum absolute atomic E-state index is 0.104. The zero-order chi connectivity index (χ0) is 18.7. The highest BCUT2D eigenvalue weighted by molar-refractivity contribution is 5.78. The van der Waals surface area contributed by atoms with Gasteiger partial charge in [-0.15, -0.1) is 0 Å². The van der Waals surface area contributed by atoms with E-state index in [1.54, 1.807) is 23.2 Å². The van der Waals surface area contributed by atoms with Crippen molar-refractivity contribution in [2.45, 2.75) is 25.8 Å². The number of nitrogens with zero attached hydrogens (tertiary/aromatic N) is 4. The SMILES string of the molecule is CCN1CCC(N(C)C(=O)n2cnc(-c3ccc(F)c(OC)c3)c2)CC1. The highest BCUT2D eigenvalue weighted by Crippen LogP contribution is 2.25. The van der Waals surface area contributed by atoms with Crippen molar-refractivity contribution in [3.8, 4) is 17.0 Å². The summed E-state index contributed by atoms with van der Waals surface area (Å²) in [7, 11) is 3.26. The topological polar surface area (TPSA) is 50.6 Å². The number of imidazole rings is 1. The van der Waals surface area contributed by atoms with Crippen LogP contribution in [0.4, 0.5) is 9.18 Å². The summed E-state index contributed by atoms with van der Waals surface area (Å²) in [5.41, 5.74) is 1.31. The molecule has 26 heavy (non-hydrogen) atoms. The second-order valence-corrected chi connectivity index (χ2v) is 6.57. The molecule has 1 aromatic heterocycles. The molecular formula is C19H25FN4O2. The number of rotatable bonds is 4.